The summed E-state index contributed by atoms with van der Waals surface area (Å²) in [4.78, 5) is 14.5. The second-order valence-electron chi connectivity index (χ2n) is 4.69. The van der Waals surface area contributed by atoms with Crippen LogP contribution in [0, 0.1) is 0 Å². The molecule has 0 saturated carbocycles. The lowest BCUT2D eigenvalue weighted by Gasteiger charge is -2.27. The molecule has 0 heterocycles. The fourth-order valence-electron chi connectivity index (χ4n) is 2.04. The molecule has 1 aromatic carbocycles. The zero-order chi connectivity index (χ0) is 16.0. The molecular formula is C15H22BrNO4. The number of ether oxygens (including phenoxy) is 3. The Hall–Kier alpha value is -1.43. The van der Waals surface area contributed by atoms with Gasteiger partial charge in [-0.3, -0.25) is 4.79 Å². The first-order chi connectivity index (χ1) is 9.99. The van der Waals surface area contributed by atoms with Crippen LogP contribution in [0.1, 0.15) is 24.2 Å². The van der Waals surface area contributed by atoms with Crippen molar-refractivity contribution in [3.8, 4) is 17.2 Å². The number of methoxy groups -OCH3 is 3. The van der Waals surface area contributed by atoms with Gasteiger partial charge in [0.1, 0.15) is 5.75 Å². The number of hydrogen-bond acceptors (Lipinski definition) is 4. The lowest BCUT2D eigenvalue weighted by molar-refractivity contribution is 0.0715. The second-order valence-corrected chi connectivity index (χ2v) is 5.48. The summed E-state index contributed by atoms with van der Waals surface area (Å²) in [6, 6.07) is 3.41. The number of amides is 1. The number of rotatable bonds is 7. The van der Waals surface area contributed by atoms with E-state index in [1.165, 1.54) is 14.2 Å². The van der Waals surface area contributed by atoms with Crippen LogP contribution in [-0.2, 0) is 0 Å². The molecule has 0 unspecified atom stereocenters. The number of carbonyl (C=O) groups excluding carboxylic acids is 1. The topological polar surface area (TPSA) is 48.0 Å². The summed E-state index contributed by atoms with van der Waals surface area (Å²) in [5, 5.41) is 0.715. The molecule has 1 amide bonds. The summed E-state index contributed by atoms with van der Waals surface area (Å²) in [6.45, 7) is 4.58. The standard InChI is InChI=1S/C15H22BrNO4/c1-10(2)17(7-6-16)15(18)11-8-13(20-4)14(21-5)9-12(11)19-3/h8-10H,6-7H2,1-5H3. The Labute approximate surface area is 134 Å². The van der Waals surface area contributed by atoms with Crippen molar-refractivity contribution in [2.24, 2.45) is 0 Å². The van der Waals surface area contributed by atoms with Crippen molar-refractivity contribution in [2.45, 2.75) is 19.9 Å². The van der Waals surface area contributed by atoms with Crippen LogP contribution in [0.4, 0.5) is 0 Å². The predicted octanol–water partition coefficient (Wildman–Crippen LogP) is 2.96. The van der Waals surface area contributed by atoms with E-state index in [0.717, 1.165) is 0 Å². The monoisotopic (exact) mass is 359 g/mol. The first-order valence-electron chi connectivity index (χ1n) is 6.67. The van der Waals surface area contributed by atoms with Gasteiger partial charge in [0.05, 0.1) is 26.9 Å². The highest BCUT2D eigenvalue weighted by atomic mass is 79.9. The molecule has 0 bridgehead atoms. The van der Waals surface area contributed by atoms with Crippen molar-refractivity contribution < 1.29 is 19.0 Å². The van der Waals surface area contributed by atoms with Gasteiger partial charge in [-0.05, 0) is 13.8 Å². The van der Waals surface area contributed by atoms with Crippen LogP contribution in [0.2, 0.25) is 0 Å². The number of hydrogen-bond donors (Lipinski definition) is 0. The normalized spacial score (nSPS) is 10.4. The van der Waals surface area contributed by atoms with Gasteiger partial charge in [-0.15, -0.1) is 0 Å². The third-order valence-corrected chi connectivity index (χ3v) is 3.50. The van der Waals surface area contributed by atoms with Gasteiger partial charge in [0.25, 0.3) is 5.91 Å². The third kappa shape index (κ3) is 4.03. The van der Waals surface area contributed by atoms with Crippen molar-refractivity contribution in [3.05, 3.63) is 17.7 Å². The molecule has 1 aromatic rings. The van der Waals surface area contributed by atoms with Crippen LogP contribution in [0.3, 0.4) is 0 Å². The Morgan fingerprint density at radius 1 is 1.10 bits per heavy atom. The average Bonchev–Trinajstić information content (AvgIpc) is 2.50. The molecule has 0 aliphatic rings. The molecular weight excluding hydrogens is 338 g/mol. The van der Waals surface area contributed by atoms with Gasteiger partial charge in [-0.2, -0.15) is 0 Å². The van der Waals surface area contributed by atoms with Crippen molar-refractivity contribution in [2.75, 3.05) is 33.2 Å². The molecule has 0 fully saturated rings. The van der Waals surface area contributed by atoms with Crippen molar-refractivity contribution in [3.63, 3.8) is 0 Å². The van der Waals surface area contributed by atoms with E-state index >= 15 is 0 Å². The largest absolute Gasteiger partial charge is 0.496 e. The molecule has 0 aliphatic heterocycles. The van der Waals surface area contributed by atoms with E-state index in [0.29, 0.717) is 34.7 Å². The quantitative estimate of drug-likeness (QED) is 0.702. The Balaban J connectivity index is 3.29. The number of halogens is 1. The van der Waals surface area contributed by atoms with E-state index in [2.05, 4.69) is 15.9 Å². The third-order valence-electron chi connectivity index (χ3n) is 3.15. The summed E-state index contributed by atoms with van der Waals surface area (Å²) >= 11 is 3.38. The van der Waals surface area contributed by atoms with Gasteiger partial charge in [-0.1, -0.05) is 15.9 Å². The number of alkyl halides is 1. The lowest BCUT2D eigenvalue weighted by atomic mass is 10.1. The molecule has 0 aliphatic carbocycles. The Bertz CT molecular complexity index is 491. The molecule has 118 valence electrons. The molecule has 6 heteroatoms. The average molecular weight is 360 g/mol. The van der Waals surface area contributed by atoms with E-state index < -0.39 is 0 Å². The highest BCUT2D eigenvalue weighted by molar-refractivity contribution is 9.09. The first-order valence-corrected chi connectivity index (χ1v) is 7.79. The van der Waals surface area contributed by atoms with Crippen molar-refractivity contribution in [1.29, 1.82) is 0 Å². The molecule has 0 aromatic heterocycles. The van der Waals surface area contributed by atoms with Crippen LogP contribution >= 0.6 is 15.9 Å². The zero-order valence-electron chi connectivity index (χ0n) is 13.1. The minimum atomic E-state index is -0.0951. The summed E-state index contributed by atoms with van der Waals surface area (Å²) in [5.41, 5.74) is 0.463. The number of nitrogens with zero attached hydrogens (tertiary/aromatic N) is 1. The van der Waals surface area contributed by atoms with E-state index in [1.54, 1.807) is 24.1 Å². The summed E-state index contributed by atoms with van der Waals surface area (Å²) in [5.74, 6) is 1.41. The molecule has 1 rings (SSSR count). The van der Waals surface area contributed by atoms with E-state index in [1.807, 2.05) is 13.8 Å². The Morgan fingerprint density at radius 2 is 1.62 bits per heavy atom. The van der Waals surface area contributed by atoms with Gasteiger partial charge in [0, 0.05) is 30.0 Å². The van der Waals surface area contributed by atoms with Gasteiger partial charge >= 0.3 is 0 Å². The number of carbonyl (C=O) groups is 1. The summed E-state index contributed by atoms with van der Waals surface area (Å²) in [7, 11) is 4.61. The van der Waals surface area contributed by atoms with Crippen LogP contribution < -0.4 is 14.2 Å². The Kier molecular flexibility index (Phi) is 6.81. The number of benzene rings is 1. The van der Waals surface area contributed by atoms with Crippen molar-refractivity contribution in [1.82, 2.24) is 4.90 Å². The fraction of sp³-hybridized carbons (Fsp3) is 0.533. The molecule has 5 nitrogen and oxygen atoms in total. The maximum Gasteiger partial charge on any atom is 0.258 e. The highest BCUT2D eigenvalue weighted by Gasteiger charge is 2.24. The van der Waals surface area contributed by atoms with E-state index in [-0.39, 0.29) is 11.9 Å². The zero-order valence-corrected chi connectivity index (χ0v) is 14.7. The smallest absolute Gasteiger partial charge is 0.258 e. The maximum absolute atomic E-state index is 12.8. The fourth-order valence-corrected chi connectivity index (χ4v) is 2.42. The predicted molar refractivity (Wildman–Crippen MR) is 86.1 cm³/mol. The van der Waals surface area contributed by atoms with Crippen LogP contribution in [0.15, 0.2) is 12.1 Å². The molecule has 0 atom stereocenters. The van der Waals surface area contributed by atoms with Gasteiger partial charge in [0.15, 0.2) is 11.5 Å². The molecule has 21 heavy (non-hydrogen) atoms. The first kappa shape index (κ1) is 17.6. The Morgan fingerprint density at radius 3 is 2.05 bits per heavy atom. The summed E-state index contributed by atoms with van der Waals surface area (Å²) in [6.07, 6.45) is 0. The van der Waals surface area contributed by atoms with Gasteiger partial charge in [0.2, 0.25) is 0 Å². The maximum atomic E-state index is 12.8. The van der Waals surface area contributed by atoms with Crippen LogP contribution in [0.25, 0.3) is 0 Å². The second kappa shape index (κ2) is 8.12. The van der Waals surface area contributed by atoms with Crippen molar-refractivity contribution >= 4 is 21.8 Å². The molecule has 0 saturated heterocycles. The lowest BCUT2D eigenvalue weighted by Crippen LogP contribution is -2.38. The molecule has 0 spiro atoms. The minimum Gasteiger partial charge on any atom is -0.496 e. The summed E-state index contributed by atoms with van der Waals surface area (Å²) < 4.78 is 15.8. The minimum absolute atomic E-state index is 0.0906. The SMILES string of the molecule is COc1cc(OC)c(C(=O)N(CCBr)C(C)C)cc1OC. The van der Waals surface area contributed by atoms with Crippen LogP contribution in [-0.4, -0.2) is 50.1 Å². The van der Waals surface area contributed by atoms with Gasteiger partial charge in [-0.25, -0.2) is 0 Å². The van der Waals surface area contributed by atoms with E-state index in [4.69, 9.17) is 14.2 Å². The highest BCUT2D eigenvalue weighted by Crippen LogP contribution is 2.35. The van der Waals surface area contributed by atoms with Gasteiger partial charge < -0.3 is 19.1 Å². The van der Waals surface area contributed by atoms with E-state index in [9.17, 15) is 4.79 Å². The van der Waals surface area contributed by atoms with Crippen LogP contribution in [0.5, 0.6) is 17.2 Å². The molecule has 0 N–H and O–H groups in total. The molecule has 0 radical (unpaired) electrons.